The maximum atomic E-state index is 12.7. The van der Waals surface area contributed by atoms with Gasteiger partial charge in [-0.15, -0.1) is 0 Å². The molecular weight excluding hydrogens is 491 g/mol. The zero-order chi connectivity index (χ0) is 25.6. The quantitative estimate of drug-likeness (QED) is 0.481. The van der Waals surface area contributed by atoms with Gasteiger partial charge in [-0.2, -0.15) is 39.5 Å². The number of hydrogen-bond donors (Lipinski definition) is 2. The molecule has 0 aliphatic carbocycles. The highest BCUT2D eigenvalue weighted by Crippen LogP contribution is 2.42. The summed E-state index contributed by atoms with van der Waals surface area (Å²) in [6.45, 7) is -5.39. The van der Waals surface area contributed by atoms with Gasteiger partial charge in [0.1, 0.15) is 0 Å². The second-order valence-electron chi connectivity index (χ2n) is 7.34. The van der Waals surface area contributed by atoms with Gasteiger partial charge in [-0.3, -0.25) is 4.79 Å². The second-order valence-corrected chi connectivity index (χ2v) is 7.34. The smallest absolute Gasteiger partial charge is 0.422 e. The third-order valence-corrected chi connectivity index (χ3v) is 4.39. The van der Waals surface area contributed by atoms with Gasteiger partial charge in [0.15, 0.2) is 31.3 Å². The van der Waals surface area contributed by atoms with Crippen molar-refractivity contribution in [1.29, 1.82) is 0 Å². The molecule has 1 saturated heterocycles. The van der Waals surface area contributed by atoms with Crippen LogP contribution in [0.25, 0.3) is 0 Å². The second kappa shape index (κ2) is 11.2. The maximum absolute atomic E-state index is 12.7. The fourth-order valence-corrected chi connectivity index (χ4v) is 2.99. The molecule has 1 amide bonds. The topological polar surface area (TPSA) is 68.8 Å². The Hall–Kier alpha value is -2.58. The Morgan fingerprint density at radius 3 is 1.94 bits per heavy atom. The number of ether oxygens (including phenoxy) is 3. The molecule has 34 heavy (non-hydrogen) atoms. The SMILES string of the molecule is O=C(NCC1CCCCN1)c1ccc(OCC(F)(F)F)c(OCC(F)(F)F)c1OCC(F)(F)F. The van der Waals surface area contributed by atoms with E-state index in [2.05, 4.69) is 24.8 Å². The molecule has 6 nitrogen and oxygen atoms in total. The van der Waals surface area contributed by atoms with Crippen LogP contribution >= 0.6 is 0 Å². The molecule has 194 valence electrons. The summed E-state index contributed by atoms with van der Waals surface area (Å²) in [6, 6.07) is 1.32. The molecule has 1 aromatic carbocycles. The number of benzene rings is 1. The van der Waals surface area contributed by atoms with Crippen LogP contribution in [0.2, 0.25) is 0 Å². The van der Waals surface area contributed by atoms with Crippen LogP contribution < -0.4 is 24.8 Å². The van der Waals surface area contributed by atoms with Gasteiger partial charge in [0.2, 0.25) is 5.75 Å². The van der Waals surface area contributed by atoms with Crippen LogP contribution in [0.4, 0.5) is 39.5 Å². The van der Waals surface area contributed by atoms with Crippen molar-refractivity contribution in [3.05, 3.63) is 17.7 Å². The average Bonchev–Trinajstić information content (AvgIpc) is 2.72. The van der Waals surface area contributed by atoms with Crippen LogP contribution in [0.3, 0.4) is 0 Å². The van der Waals surface area contributed by atoms with Crippen molar-refractivity contribution in [3.8, 4) is 17.2 Å². The van der Waals surface area contributed by atoms with E-state index in [-0.39, 0.29) is 12.6 Å². The lowest BCUT2D eigenvalue weighted by atomic mass is 10.0. The molecule has 0 spiro atoms. The van der Waals surface area contributed by atoms with E-state index in [1.807, 2.05) is 0 Å². The zero-order valence-electron chi connectivity index (χ0n) is 17.4. The third-order valence-electron chi connectivity index (χ3n) is 4.39. The van der Waals surface area contributed by atoms with Gasteiger partial charge in [-0.1, -0.05) is 6.42 Å². The maximum Gasteiger partial charge on any atom is 0.422 e. The molecule has 0 aromatic heterocycles. The Morgan fingerprint density at radius 1 is 0.853 bits per heavy atom. The Labute approximate surface area is 187 Å². The van der Waals surface area contributed by atoms with E-state index < -0.39 is 67.1 Å². The summed E-state index contributed by atoms with van der Waals surface area (Å²) in [4.78, 5) is 12.6. The van der Waals surface area contributed by atoms with E-state index in [1.165, 1.54) is 0 Å². The summed E-state index contributed by atoms with van der Waals surface area (Å²) < 4.78 is 127. The Morgan fingerprint density at radius 2 is 1.41 bits per heavy atom. The van der Waals surface area contributed by atoms with Gasteiger partial charge in [0, 0.05) is 12.6 Å². The van der Waals surface area contributed by atoms with Crippen LogP contribution in [0.15, 0.2) is 12.1 Å². The molecule has 2 N–H and O–H groups in total. The first-order chi connectivity index (χ1) is 15.6. The minimum atomic E-state index is -5.01. The Balaban J connectivity index is 2.39. The number of carbonyl (C=O) groups excluding carboxylic acids is 1. The first-order valence-electron chi connectivity index (χ1n) is 9.92. The van der Waals surface area contributed by atoms with Crippen LogP contribution in [-0.2, 0) is 0 Å². The van der Waals surface area contributed by atoms with Gasteiger partial charge in [-0.25, -0.2) is 0 Å². The monoisotopic (exact) mass is 512 g/mol. The van der Waals surface area contributed by atoms with Crippen LogP contribution in [0.5, 0.6) is 17.2 Å². The standard InChI is InChI=1S/C19H21F9N2O4/c20-17(21,22)8-32-13-5-4-12(16(31)30-7-11-3-1-2-6-29-11)14(33-9-18(23,24)25)15(13)34-10-19(26,27)28/h4-5,11,29H,1-3,6-10H2,(H,30,31). The van der Waals surface area contributed by atoms with Crippen molar-refractivity contribution >= 4 is 5.91 Å². The normalized spacial score (nSPS) is 17.3. The largest absolute Gasteiger partial charge is 0.480 e. The van der Waals surface area contributed by atoms with E-state index in [0.717, 1.165) is 18.9 Å². The molecule has 1 atom stereocenters. The van der Waals surface area contributed by atoms with Gasteiger partial charge in [0.25, 0.3) is 5.91 Å². The highest BCUT2D eigenvalue weighted by Gasteiger charge is 2.35. The van der Waals surface area contributed by atoms with E-state index in [1.54, 1.807) is 0 Å². The minimum Gasteiger partial charge on any atom is -0.480 e. The summed E-state index contributed by atoms with van der Waals surface area (Å²) in [5.74, 6) is -4.35. The first-order valence-corrected chi connectivity index (χ1v) is 9.92. The molecule has 2 rings (SSSR count). The van der Waals surface area contributed by atoms with Crippen LogP contribution in [0, 0.1) is 0 Å². The van der Waals surface area contributed by atoms with Crippen LogP contribution in [-0.4, -0.2) is 63.4 Å². The number of halogens is 9. The number of alkyl halides is 9. The predicted molar refractivity (Wildman–Crippen MR) is 99.1 cm³/mol. The number of amides is 1. The Bertz CT molecular complexity index is 820. The lowest BCUT2D eigenvalue weighted by molar-refractivity contribution is -0.160. The minimum absolute atomic E-state index is 0.0443. The van der Waals surface area contributed by atoms with Crippen LogP contribution in [0.1, 0.15) is 29.6 Å². The van der Waals surface area contributed by atoms with Crippen molar-refractivity contribution in [2.75, 3.05) is 32.9 Å². The van der Waals surface area contributed by atoms with Crippen molar-refractivity contribution in [2.45, 2.75) is 43.8 Å². The number of rotatable bonds is 9. The fraction of sp³-hybridized carbons (Fsp3) is 0.632. The molecular formula is C19H21F9N2O4. The van der Waals surface area contributed by atoms with Crippen molar-refractivity contribution in [3.63, 3.8) is 0 Å². The van der Waals surface area contributed by atoms with Crippen molar-refractivity contribution in [1.82, 2.24) is 10.6 Å². The molecule has 1 aliphatic rings. The summed E-state index contributed by atoms with van der Waals surface area (Å²) in [6.07, 6.45) is -12.4. The van der Waals surface area contributed by atoms with Gasteiger partial charge in [-0.05, 0) is 31.5 Å². The fourth-order valence-electron chi connectivity index (χ4n) is 2.99. The summed E-state index contributed by atoms with van der Waals surface area (Å²) in [5.41, 5.74) is -0.670. The Kier molecular flexibility index (Phi) is 9.14. The molecule has 0 bridgehead atoms. The number of hydrogen-bond acceptors (Lipinski definition) is 5. The van der Waals surface area contributed by atoms with Crippen molar-refractivity contribution < 1.29 is 58.5 Å². The third kappa shape index (κ3) is 9.73. The number of carbonyl (C=O) groups is 1. The molecule has 0 saturated carbocycles. The molecule has 15 heteroatoms. The van der Waals surface area contributed by atoms with E-state index in [0.29, 0.717) is 19.0 Å². The number of nitrogens with one attached hydrogen (secondary N) is 2. The lowest BCUT2D eigenvalue weighted by Gasteiger charge is -2.24. The highest BCUT2D eigenvalue weighted by molar-refractivity contribution is 5.98. The molecule has 1 fully saturated rings. The van der Waals surface area contributed by atoms with E-state index >= 15 is 0 Å². The molecule has 1 aliphatic heterocycles. The number of piperidine rings is 1. The summed E-state index contributed by atoms with van der Waals surface area (Å²) in [5, 5.41) is 5.52. The lowest BCUT2D eigenvalue weighted by Crippen LogP contribution is -2.43. The highest BCUT2D eigenvalue weighted by atomic mass is 19.4. The average molecular weight is 512 g/mol. The van der Waals surface area contributed by atoms with Gasteiger partial charge < -0.3 is 24.8 Å². The van der Waals surface area contributed by atoms with Gasteiger partial charge in [0.05, 0.1) is 5.56 Å². The van der Waals surface area contributed by atoms with Gasteiger partial charge >= 0.3 is 18.5 Å². The first kappa shape index (κ1) is 27.7. The predicted octanol–water partition coefficient (Wildman–Crippen LogP) is 4.38. The van der Waals surface area contributed by atoms with Crippen molar-refractivity contribution in [2.24, 2.45) is 0 Å². The summed E-state index contributed by atoms with van der Waals surface area (Å²) in [7, 11) is 0. The molecule has 1 heterocycles. The zero-order valence-corrected chi connectivity index (χ0v) is 17.4. The molecule has 0 radical (unpaired) electrons. The van der Waals surface area contributed by atoms with E-state index in [4.69, 9.17) is 0 Å². The van der Waals surface area contributed by atoms with E-state index in [9.17, 15) is 44.3 Å². The summed E-state index contributed by atoms with van der Waals surface area (Å²) >= 11 is 0. The molecule has 1 aromatic rings. The molecule has 1 unspecified atom stereocenters.